The molecule has 0 N–H and O–H groups in total. The van der Waals surface area contributed by atoms with E-state index in [0.29, 0.717) is 19.4 Å². The van der Waals surface area contributed by atoms with Crippen LogP contribution in [0.25, 0.3) is 0 Å². The third kappa shape index (κ3) is 2.12. The van der Waals surface area contributed by atoms with Crippen LogP contribution in [0, 0.1) is 0 Å². The lowest BCUT2D eigenvalue weighted by atomic mass is 9.74. The van der Waals surface area contributed by atoms with Crippen LogP contribution in [0.15, 0.2) is 30.3 Å². The molecule has 4 atom stereocenters. The summed E-state index contributed by atoms with van der Waals surface area (Å²) in [6.07, 6.45) is -0.0943. The molecule has 1 spiro atoms. The smallest absolute Gasteiger partial charge is 0.191 e. The van der Waals surface area contributed by atoms with Crippen molar-refractivity contribution in [2.45, 2.75) is 63.2 Å². The van der Waals surface area contributed by atoms with Gasteiger partial charge in [-0.05, 0) is 25.8 Å². The molecule has 3 fully saturated rings. The minimum Gasteiger partial charge on any atom is -0.367 e. The van der Waals surface area contributed by atoms with Gasteiger partial charge < -0.3 is 18.9 Å². The normalized spacial score (nSPS) is 39.0. The first kappa shape index (κ1) is 14.3. The molecule has 1 aromatic rings. The molecule has 22 heavy (non-hydrogen) atoms. The fourth-order valence-electron chi connectivity index (χ4n) is 3.48. The van der Waals surface area contributed by atoms with Gasteiger partial charge >= 0.3 is 0 Å². The van der Waals surface area contributed by atoms with Gasteiger partial charge in [0.05, 0.1) is 6.61 Å². The molecule has 0 amide bonds. The maximum atomic E-state index is 12.2. The molecule has 5 heteroatoms. The molecule has 3 aliphatic rings. The second kappa shape index (κ2) is 4.86. The summed E-state index contributed by atoms with van der Waals surface area (Å²) in [4.78, 5) is 12.2. The van der Waals surface area contributed by atoms with Crippen molar-refractivity contribution in [1.29, 1.82) is 0 Å². The Morgan fingerprint density at radius 2 is 1.95 bits per heavy atom. The van der Waals surface area contributed by atoms with Crippen LogP contribution in [0.1, 0.15) is 32.3 Å². The zero-order chi connectivity index (χ0) is 15.4. The molecule has 2 heterocycles. The summed E-state index contributed by atoms with van der Waals surface area (Å²) in [6, 6.07) is 9.90. The highest BCUT2D eigenvalue weighted by Crippen LogP contribution is 2.50. The maximum absolute atomic E-state index is 12.2. The summed E-state index contributed by atoms with van der Waals surface area (Å²) >= 11 is 0. The van der Waals surface area contributed by atoms with Gasteiger partial charge in [-0.15, -0.1) is 0 Å². The molecule has 2 aliphatic heterocycles. The summed E-state index contributed by atoms with van der Waals surface area (Å²) in [6.45, 7) is 4.12. The van der Waals surface area contributed by atoms with E-state index in [1.54, 1.807) is 0 Å². The molecule has 1 aromatic carbocycles. The van der Waals surface area contributed by atoms with Gasteiger partial charge in [-0.25, -0.2) is 0 Å². The van der Waals surface area contributed by atoms with E-state index < -0.39 is 23.8 Å². The fraction of sp³-hybridized carbons (Fsp3) is 0.588. The lowest BCUT2D eigenvalue weighted by Gasteiger charge is -2.41. The Morgan fingerprint density at radius 1 is 1.18 bits per heavy atom. The van der Waals surface area contributed by atoms with Gasteiger partial charge in [0.1, 0.15) is 12.2 Å². The second-order valence-electron chi connectivity index (χ2n) is 6.62. The lowest BCUT2D eigenvalue weighted by molar-refractivity contribution is -0.250. The average Bonchev–Trinajstić information content (AvgIpc) is 2.95. The fourth-order valence-corrected chi connectivity index (χ4v) is 3.48. The summed E-state index contributed by atoms with van der Waals surface area (Å²) in [5.41, 5.74) is 0.187. The summed E-state index contributed by atoms with van der Waals surface area (Å²) in [5.74, 6) is -0.622. The van der Waals surface area contributed by atoms with Crippen LogP contribution in [-0.2, 0) is 30.3 Å². The first-order valence-electron chi connectivity index (χ1n) is 7.72. The van der Waals surface area contributed by atoms with Crippen molar-refractivity contribution in [2.24, 2.45) is 0 Å². The van der Waals surface area contributed by atoms with Crippen LogP contribution in [-0.4, -0.2) is 35.7 Å². The van der Waals surface area contributed by atoms with Crippen molar-refractivity contribution < 1.29 is 23.7 Å². The van der Waals surface area contributed by atoms with Crippen molar-refractivity contribution in [3.63, 3.8) is 0 Å². The Bertz CT molecular complexity index is 584. The largest absolute Gasteiger partial charge is 0.367 e. The highest BCUT2D eigenvalue weighted by Gasteiger charge is 2.68. The lowest BCUT2D eigenvalue weighted by Crippen LogP contribution is -2.58. The molecule has 5 nitrogen and oxygen atoms in total. The molecule has 4 rings (SSSR count). The molecule has 0 bridgehead atoms. The number of Topliss-reactive ketones (excluding diaryl/α,β-unsaturated/α-hetero) is 1. The van der Waals surface area contributed by atoms with Crippen LogP contribution in [0.3, 0.4) is 0 Å². The third-order valence-electron chi connectivity index (χ3n) is 4.64. The number of benzene rings is 1. The Kier molecular flexibility index (Phi) is 3.17. The molecular weight excluding hydrogens is 284 g/mol. The Morgan fingerprint density at radius 3 is 2.59 bits per heavy atom. The number of fused-ring (bicyclic) bond motifs is 1. The summed E-state index contributed by atoms with van der Waals surface area (Å²) in [5, 5.41) is 0. The first-order valence-corrected chi connectivity index (χ1v) is 7.72. The van der Waals surface area contributed by atoms with Crippen LogP contribution in [0.2, 0.25) is 0 Å². The van der Waals surface area contributed by atoms with Crippen LogP contribution in [0.5, 0.6) is 0 Å². The summed E-state index contributed by atoms with van der Waals surface area (Å²) < 4.78 is 23.7. The number of ether oxygens (including phenoxy) is 4. The zero-order valence-electron chi connectivity index (χ0n) is 12.8. The third-order valence-corrected chi connectivity index (χ3v) is 4.64. The summed E-state index contributed by atoms with van der Waals surface area (Å²) in [7, 11) is 0. The predicted molar refractivity (Wildman–Crippen MR) is 76.9 cm³/mol. The number of carbonyl (C=O) groups is 1. The molecule has 2 saturated heterocycles. The minimum absolute atomic E-state index is 0.0879. The second-order valence-corrected chi connectivity index (χ2v) is 6.62. The number of hydrogen-bond donors (Lipinski definition) is 0. The van der Waals surface area contributed by atoms with Crippen molar-refractivity contribution in [1.82, 2.24) is 0 Å². The van der Waals surface area contributed by atoms with Gasteiger partial charge in [-0.3, -0.25) is 4.79 Å². The van der Waals surface area contributed by atoms with E-state index >= 15 is 0 Å². The maximum Gasteiger partial charge on any atom is 0.191 e. The number of hydrogen-bond acceptors (Lipinski definition) is 5. The molecule has 0 radical (unpaired) electrons. The minimum atomic E-state index is -0.874. The van der Waals surface area contributed by atoms with Gasteiger partial charge in [0, 0.05) is 6.42 Å². The highest BCUT2D eigenvalue weighted by molar-refractivity contribution is 5.94. The molecule has 1 aliphatic carbocycles. The molecule has 118 valence electrons. The van der Waals surface area contributed by atoms with Gasteiger partial charge in [0.2, 0.25) is 0 Å². The van der Waals surface area contributed by atoms with Gasteiger partial charge in [0.25, 0.3) is 0 Å². The van der Waals surface area contributed by atoms with E-state index in [4.69, 9.17) is 18.9 Å². The SMILES string of the molecule is CC1(C)OC2O[C@@]3(CCC3=O)[C@@H](OCc3ccccc3)C2O1. The average molecular weight is 304 g/mol. The molecule has 0 aromatic heterocycles. The Balaban J connectivity index is 1.55. The molecule has 1 saturated carbocycles. The van der Waals surface area contributed by atoms with E-state index in [-0.39, 0.29) is 11.9 Å². The Hall–Kier alpha value is -1.27. The Labute approximate surface area is 129 Å². The van der Waals surface area contributed by atoms with Crippen LogP contribution >= 0.6 is 0 Å². The molecular formula is C17H20O5. The van der Waals surface area contributed by atoms with Crippen molar-refractivity contribution in [3.8, 4) is 0 Å². The number of rotatable bonds is 3. The van der Waals surface area contributed by atoms with Gasteiger partial charge in [-0.2, -0.15) is 0 Å². The van der Waals surface area contributed by atoms with E-state index in [1.807, 2.05) is 44.2 Å². The van der Waals surface area contributed by atoms with Gasteiger partial charge in [-0.1, -0.05) is 30.3 Å². The van der Waals surface area contributed by atoms with E-state index in [9.17, 15) is 4.79 Å². The van der Waals surface area contributed by atoms with Crippen molar-refractivity contribution >= 4 is 5.78 Å². The monoisotopic (exact) mass is 304 g/mol. The quantitative estimate of drug-likeness (QED) is 0.856. The zero-order valence-corrected chi connectivity index (χ0v) is 12.8. The highest BCUT2D eigenvalue weighted by atomic mass is 16.8. The van der Waals surface area contributed by atoms with E-state index in [2.05, 4.69) is 0 Å². The van der Waals surface area contributed by atoms with Gasteiger partial charge in [0.15, 0.2) is 23.5 Å². The van der Waals surface area contributed by atoms with Crippen molar-refractivity contribution in [3.05, 3.63) is 35.9 Å². The van der Waals surface area contributed by atoms with E-state index in [1.165, 1.54) is 0 Å². The first-order chi connectivity index (χ1) is 10.5. The van der Waals surface area contributed by atoms with E-state index in [0.717, 1.165) is 5.56 Å². The van der Waals surface area contributed by atoms with Crippen LogP contribution < -0.4 is 0 Å². The topological polar surface area (TPSA) is 54.0 Å². The predicted octanol–water partition coefficient (Wildman–Crippen LogP) is 2.18. The molecule has 2 unspecified atom stereocenters. The number of ketones is 1. The standard InChI is InChI=1S/C17H20O5/c1-16(2)20-13-14(19-10-11-6-4-3-5-7-11)17(9-8-12(17)18)22-15(13)21-16/h3-7,13-15H,8-10H2,1-2H3/t13?,14-,15?,17+/m0/s1. The van der Waals surface area contributed by atoms with Crippen molar-refractivity contribution in [2.75, 3.05) is 0 Å². The van der Waals surface area contributed by atoms with Crippen LogP contribution in [0.4, 0.5) is 0 Å². The number of carbonyl (C=O) groups excluding carboxylic acids is 1.